The van der Waals surface area contributed by atoms with Crippen molar-refractivity contribution in [1.29, 1.82) is 5.26 Å². The predicted molar refractivity (Wildman–Crippen MR) is 64.0 cm³/mol. The van der Waals surface area contributed by atoms with Gasteiger partial charge in [0.1, 0.15) is 29.8 Å². The Morgan fingerprint density at radius 2 is 2.37 bits per heavy atom. The number of rotatable bonds is 3. The van der Waals surface area contributed by atoms with Crippen LogP contribution in [-0.2, 0) is 9.53 Å². The Labute approximate surface area is 109 Å². The summed E-state index contributed by atoms with van der Waals surface area (Å²) in [7, 11) is 1.33. The first kappa shape index (κ1) is 13.3. The van der Waals surface area contributed by atoms with E-state index in [4.69, 9.17) is 10.00 Å². The zero-order valence-electron chi connectivity index (χ0n) is 10.4. The third kappa shape index (κ3) is 3.01. The monoisotopic (exact) mass is 264 g/mol. The van der Waals surface area contributed by atoms with Crippen molar-refractivity contribution < 1.29 is 18.7 Å². The highest BCUT2D eigenvalue weighted by molar-refractivity contribution is 5.76. The predicted octanol–water partition coefficient (Wildman–Crippen LogP) is 0.980. The summed E-state index contributed by atoms with van der Waals surface area (Å²) in [5, 5.41) is 11.6. The Bertz CT molecular complexity index is 527. The summed E-state index contributed by atoms with van der Waals surface area (Å²) in [4.78, 5) is 11.3. The number of carbonyl (C=O) groups excluding carboxylic acids is 1. The number of nitriles is 1. The third-order valence-corrected chi connectivity index (χ3v) is 2.94. The van der Waals surface area contributed by atoms with Crippen molar-refractivity contribution in [3.05, 3.63) is 29.6 Å². The van der Waals surface area contributed by atoms with Crippen LogP contribution in [0.1, 0.15) is 12.0 Å². The highest BCUT2D eigenvalue weighted by atomic mass is 19.1. The van der Waals surface area contributed by atoms with Crippen molar-refractivity contribution in [2.24, 2.45) is 0 Å². The van der Waals surface area contributed by atoms with Gasteiger partial charge < -0.3 is 14.8 Å². The van der Waals surface area contributed by atoms with Gasteiger partial charge in [-0.05, 0) is 12.1 Å². The van der Waals surface area contributed by atoms with Crippen LogP contribution in [0.3, 0.4) is 0 Å². The van der Waals surface area contributed by atoms with E-state index < -0.39 is 11.9 Å². The summed E-state index contributed by atoms with van der Waals surface area (Å²) in [6.07, 6.45) is 0.241. The molecule has 1 aromatic rings. The number of halogens is 1. The maximum Gasteiger partial charge on any atom is 0.323 e. The summed E-state index contributed by atoms with van der Waals surface area (Å²) < 4.78 is 23.6. The van der Waals surface area contributed by atoms with E-state index in [2.05, 4.69) is 10.1 Å². The minimum atomic E-state index is -0.615. The minimum Gasteiger partial charge on any atom is -0.489 e. The Morgan fingerprint density at radius 1 is 1.58 bits per heavy atom. The SMILES string of the molecule is COC(=O)[C@@H]1C[C@@H](Oc2ccc(C#N)c(F)c2)CN1. The number of hydrogen-bond donors (Lipinski definition) is 1. The second kappa shape index (κ2) is 5.67. The summed E-state index contributed by atoms with van der Waals surface area (Å²) in [5.41, 5.74) is -0.0238. The molecule has 1 aliphatic rings. The molecular weight excluding hydrogens is 251 g/mol. The van der Waals surface area contributed by atoms with Gasteiger partial charge in [0.2, 0.25) is 0 Å². The fourth-order valence-corrected chi connectivity index (χ4v) is 1.97. The number of methoxy groups -OCH3 is 1. The van der Waals surface area contributed by atoms with Gasteiger partial charge in [0, 0.05) is 19.0 Å². The Hall–Kier alpha value is -2.13. The molecule has 0 saturated carbocycles. The van der Waals surface area contributed by atoms with E-state index in [1.54, 1.807) is 6.07 Å². The lowest BCUT2D eigenvalue weighted by Gasteiger charge is -2.12. The summed E-state index contributed by atoms with van der Waals surface area (Å²) in [6.45, 7) is 0.487. The van der Waals surface area contributed by atoms with Crippen molar-refractivity contribution in [1.82, 2.24) is 5.32 Å². The number of esters is 1. The smallest absolute Gasteiger partial charge is 0.323 e. The maximum atomic E-state index is 13.4. The molecule has 1 heterocycles. The van der Waals surface area contributed by atoms with Gasteiger partial charge in [-0.15, -0.1) is 0 Å². The van der Waals surface area contributed by atoms with Crippen molar-refractivity contribution >= 4 is 5.97 Å². The van der Waals surface area contributed by atoms with Crippen LogP contribution in [0, 0.1) is 17.1 Å². The van der Waals surface area contributed by atoms with Crippen molar-refractivity contribution in [3.63, 3.8) is 0 Å². The number of ether oxygens (including phenoxy) is 2. The van der Waals surface area contributed by atoms with Crippen LogP contribution in [0.25, 0.3) is 0 Å². The molecule has 0 unspecified atom stereocenters. The Morgan fingerprint density at radius 3 is 3.00 bits per heavy atom. The number of nitrogens with one attached hydrogen (secondary N) is 1. The molecule has 1 saturated heterocycles. The van der Waals surface area contributed by atoms with Crippen LogP contribution >= 0.6 is 0 Å². The van der Waals surface area contributed by atoms with Gasteiger partial charge in [0.15, 0.2) is 0 Å². The van der Waals surface area contributed by atoms with Crippen LogP contribution in [0.5, 0.6) is 5.75 Å². The molecule has 0 amide bonds. The van der Waals surface area contributed by atoms with E-state index in [1.165, 1.54) is 25.3 Å². The van der Waals surface area contributed by atoms with E-state index in [1.807, 2.05) is 0 Å². The van der Waals surface area contributed by atoms with Gasteiger partial charge in [-0.3, -0.25) is 4.79 Å². The van der Waals surface area contributed by atoms with Crippen LogP contribution < -0.4 is 10.1 Å². The Balaban J connectivity index is 1.98. The first-order valence-corrected chi connectivity index (χ1v) is 5.81. The quantitative estimate of drug-likeness (QED) is 0.824. The van der Waals surface area contributed by atoms with Gasteiger partial charge >= 0.3 is 5.97 Å². The van der Waals surface area contributed by atoms with Gasteiger partial charge in [0.05, 0.1) is 12.7 Å². The molecule has 0 spiro atoms. The normalized spacial score (nSPS) is 21.7. The third-order valence-electron chi connectivity index (χ3n) is 2.94. The molecule has 100 valence electrons. The largest absolute Gasteiger partial charge is 0.489 e. The van der Waals surface area contributed by atoms with Crippen molar-refractivity contribution in [3.8, 4) is 11.8 Å². The molecule has 1 fully saturated rings. The lowest BCUT2D eigenvalue weighted by Crippen LogP contribution is -2.31. The average Bonchev–Trinajstić information content (AvgIpc) is 2.86. The second-order valence-corrected chi connectivity index (χ2v) is 4.21. The topological polar surface area (TPSA) is 71.3 Å². The molecule has 2 rings (SSSR count). The highest BCUT2D eigenvalue weighted by Gasteiger charge is 2.31. The summed E-state index contributed by atoms with van der Waals surface area (Å²) in [6, 6.07) is 5.42. The molecule has 5 nitrogen and oxygen atoms in total. The van der Waals surface area contributed by atoms with Gasteiger partial charge in [-0.25, -0.2) is 4.39 Å². The fourth-order valence-electron chi connectivity index (χ4n) is 1.97. The number of nitrogens with zero attached hydrogens (tertiary/aromatic N) is 1. The van der Waals surface area contributed by atoms with Crippen molar-refractivity contribution in [2.45, 2.75) is 18.6 Å². The molecular formula is C13H13FN2O3. The van der Waals surface area contributed by atoms with Crippen molar-refractivity contribution in [2.75, 3.05) is 13.7 Å². The molecule has 6 heteroatoms. The number of benzene rings is 1. The molecule has 0 aliphatic carbocycles. The van der Waals surface area contributed by atoms with E-state index >= 15 is 0 Å². The van der Waals surface area contributed by atoms with E-state index in [0.717, 1.165) is 0 Å². The van der Waals surface area contributed by atoms with Gasteiger partial charge in [-0.1, -0.05) is 0 Å². The van der Waals surface area contributed by atoms with Gasteiger partial charge in [0.25, 0.3) is 0 Å². The molecule has 0 radical (unpaired) electrons. The van der Waals surface area contributed by atoms with E-state index in [0.29, 0.717) is 18.7 Å². The second-order valence-electron chi connectivity index (χ2n) is 4.21. The van der Waals surface area contributed by atoms with E-state index in [-0.39, 0.29) is 17.6 Å². The van der Waals surface area contributed by atoms with Crippen LogP contribution in [-0.4, -0.2) is 31.8 Å². The fraction of sp³-hybridized carbons (Fsp3) is 0.385. The minimum absolute atomic E-state index is 0.0238. The molecule has 2 atom stereocenters. The molecule has 1 aliphatic heterocycles. The molecule has 0 aromatic heterocycles. The highest BCUT2D eigenvalue weighted by Crippen LogP contribution is 2.20. The number of hydrogen-bond acceptors (Lipinski definition) is 5. The Kier molecular flexibility index (Phi) is 3.97. The molecule has 1 N–H and O–H groups in total. The molecule has 0 bridgehead atoms. The van der Waals surface area contributed by atoms with Gasteiger partial charge in [-0.2, -0.15) is 5.26 Å². The number of carbonyl (C=O) groups is 1. The van der Waals surface area contributed by atoms with Crippen LogP contribution in [0.2, 0.25) is 0 Å². The average molecular weight is 264 g/mol. The zero-order valence-corrected chi connectivity index (χ0v) is 10.4. The summed E-state index contributed by atoms with van der Waals surface area (Å²) >= 11 is 0. The van der Waals surface area contributed by atoms with Crippen LogP contribution in [0.4, 0.5) is 4.39 Å². The standard InChI is InChI=1S/C13H13FN2O3/c1-18-13(17)12-5-10(7-16-12)19-9-3-2-8(6-15)11(14)4-9/h2-4,10,12,16H,5,7H2,1H3/t10-,12+/m1/s1. The van der Waals surface area contributed by atoms with Crippen LogP contribution in [0.15, 0.2) is 18.2 Å². The lowest BCUT2D eigenvalue weighted by atomic mass is 10.2. The molecule has 19 heavy (non-hydrogen) atoms. The first-order chi connectivity index (χ1) is 9.13. The maximum absolute atomic E-state index is 13.4. The van der Waals surface area contributed by atoms with E-state index in [9.17, 15) is 9.18 Å². The zero-order chi connectivity index (χ0) is 13.8. The first-order valence-electron chi connectivity index (χ1n) is 5.81. The summed E-state index contributed by atoms with van der Waals surface area (Å²) in [5.74, 6) is -0.610. The lowest BCUT2D eigenvalue weighted by molar-refractivity contribution is -0.142. The molecule has 1 aromatic carbocycles.